The first kappa shape index (κ1) is 8.49. The third-order valence-electron chi connectivity index (χ3n) is 3.01. The molecular formula is C12H15N. The van der Waals surface area contributed by atoms with Gasteiger partial charge in [0.1, 0.15) is 0 Å². The molecule has 1 heteroatoms. The largest absolute Gasteiger partial charge is 0.265 e. The molecule has 1 aliphatic rings. The molecular weight excluding hydrogens is 158 g/mol. The summed E-state index contributed by atoms with van der Waals surface area (Å²) in [6.07, 6.45) is 6.24. The van der Waals surface area contributed by atoms with Gasteiger partial charge < -0.3 is 0 Å². The second-order valence-electron chi connectivity index (χ2n) is 3.95. The molecule has 0 atom stereocenters. The molecule has 0 spiro atoms. The van der Waals surface area contributed by atoms with Gasteiger partial charge in [-0.15, -0.1) is 0 Å². The summed E-state index contributed by atoms with van der Waals surface area (Å²) < 4.78 is 0. The van der Waals surface area contributed by atoms with E-state index in [1.807, 2.05) is 12.4 Å². The lowest BCUT2D eigenvalue weighted by Gasteiger charge is -2.09. The Balaban J connectivity index is 2.16. The predicted molar refractivity (Wildman–Crippen MR) is 54.6 cm³/mol. The number of aromatic nitrogens is 1. The summed E-state index contributed by atoms with van der Waals surface area (Å²) in [7, 11) is 0. The first-order valence-electron chi connectivity index (χ1n) is 4.82. The van der Waals surface area contributed by atoms with Crippen LogP contribution in [0.1, 0.15) is 38.2 Å². The Kier molecular flexibility index (Phi) is 2.17. The third kappa shape index (κ3) is 1.64. The first-order valence-corrected chi connectivity index (χ1v) is 4.82. The molecule has 0 bridgehead atoms. The zero-order valence-electron chi connectivity index (χ0n) is 8.25. The van der Waals surface area contributed by atoms with Crippen molar-refractivity contribution in [3.63, 3.8) is 0 Å². The molecule has 0 amide bonds. The van der Waals surface area contributed by atoms with Gasteiger partial charge in [-0.1, -0.05) is 11.1 Å². The maximum atomic E-state index is 4.04. The molecule has 0 saturated heterocycles. The number of rotatable bonds is 1. The lowest BCUT2D eigenvalue weighted by molar-refractivity contribution is 0.729. The lowest BCUT2D eigenvalue weighted by Crippen LogP contribution is -1.93. The van der Waals surface area contributed by atoms with Crippen molar-refractivity contribution < 1.29 is 0 Å². The number of nitrogens with zero attached hydrogens (tertiary/aromatic N) is 1. The average molecular weight is 173 g/mol. The Labute approximate surface area is 79.5 Å². The van der Waals surface area contributed by atoms with Gasteiger partial charge in [0.2, 0.25) is 0 Å². The maximum absolute atomic E-state index is 4.04. The molecule has 0 aliphatic heterocycles. The summed E-state index contributed by atoms with van der Waals surface area (Å²) in [5.74, 6) is 0.711. The first-order chi connectivity index (χ1) is 6.27. The summed E-state index contributed by atoms with van der Waals surface area (Å²) in [5.41, 5.74) is 4.58. The lowest BCUT2D eigenvalue weighted by atomic mass is 9.96. The highest BCUT2D eigenvalue weighted by molar-refractivity contribution is 5.28. The van der Waals surface area contributed by atoms with Crippen molar-refractivity contribution in [1.82, 2.24) is 4.98 Å². The van der Waals surface area contributed by atoms with E-state index >= 15 is 0 Å². The summed E-state index contributed by atoms with van der Waals surface area (Å²) in [6.45, 7) is 4.49. The minimum atomic E-state index is 0.711. The monoisotopic (exact) mass is 173 g/mol. The Morgan fingerprint density at radius 3 is 2.15 bits per heavy atom. The van der Waals surface area contributed by atoms with Crippen LogP contribution in [0.25, 0.3) is 0 Å². The average Bonchev–Trinajstić information content (AvgIpc) is 2.49. The van der Waals surface area contributed by atoms with E-state index in [4.69, 9.17) is 0 Å². The normalized spacial score (nSPS) is 18.3. The van der Waals surface area contributed by atoms with Gasteiger partial charge >= 0.3 is 0 Å². The van der Waals surface area contributed by atoms with E-state index in [1.54, 1.807) is 11.1 Å². The predicted octanol–water partition coefficient (Wildman–Crippen LogP) is 3.30. The van der Waals surface area contributed by atoms with Crippen LogP contribution in [0, 0.1) is 0 Å². The molecule has 0 radical (unpaired) electrons. The fourth-order valence-electron chi connectivity index (χ4n) is 2.03. The van der Waals surface area contributed by atoms with E-state index in [0.717, 1.165) is 0 Å². The molecule has 0 unspecified atom stereocenters. The highest BCUT2D eigenvalue weighted by Crippen LogP contribution is 2.37. The van der Waals surface area contributed by atoms with E-state index in [0.29, 0.717) is 5.92 Å². The minimum absolute atomic E-state index is 0.711. The van der Waals surface area contributed by atoms with Crippen molar-refractivity contribution in [2.45, 2.75) is 32.6 Å². The number of allylic oxidation sites excluding steroid dienone is 2. The Bertz CT molecular complexity index is 310. The quantitative estimate of drug-likeness (QED) is 0.594. The van der Waals surface area contributed by atoms with Crippen LogP contribution in [0.2, 0.25) is 0 Å². The van der Waals surface area contributed by atoms with Crippen LogP contribution in [-0.4, -0.2) is 4.98 Å². The minimum Gasteiger partial charge on any atom is -0.265 e. The molecule has 13 heavy (non-hydrogen) atoms. The Morgan fingerprint density at radius 1 is 1.08 bits per heavy atom. The topological polar surface area (TPSA) is 12.9 Å². The highest BCUT2D eigenvalue weighted by atomic mass is 14.6. The number of hydrogen-bond donors (Lipinski definition) is 0. The molecule has 0 saturated carbocycles. The van der Waals surface area contributed by atoms with Gasteiger partial charge in [-0.2, -0.15) is 0 Å². The Hall–Kier alpha value is -1.11. The molecule has 68 valence electrons. The molecule has 1 aromatic rings. The van der Waals surface area contributed by atoms with Crippen LogP contribution in [-0.2, 0) is 0 Å². The summed E-state index contributed by atoms with van der Waals surface area (Å²) in [6, 6.07) is 4.27. The van der Waals surface area contributed by atoms with Gasteiger partial charge in [0.15, 0.2) is 0 Å². The van der Waals surface area contributed by atoms with Crippen LogP contribution in [0.4, 0.5) is 0 Å². The van der Waals surface area contributed by atoms with Gasteiger partial charge in [0, 0.05) is 12.4 Å². The van der Waals surface area contributed by atoms with Gasteiger partial charge in [-0.3, -0.25) is 4.98 Å². The maximum Gasteiger partial charge on any atom is 0.0270 e. The van der Waals surface area contributed by atoms with E-state index in [1.165, 1.54) is 18.4 Å². The van der Waals surface area contributed by atoms with Gasteiger partial charge in [0.05, 0.1) is 0 Å². The molecule has 1 aromatic heterocycles. The van der Waals surface area contributed by atoms with Gasteiger partial charge in [0.25, 0.3) is 0 Å². The SMILES string of the molecule is CC1=C(C)CC(c2ccncc2)C1. The molecule has 2 rings (SSSR count). The Morgan fingerprint density at radius 2 is 1.62 bits per heavy atom. The summed E-state index contributed by atoms with van der Waals surface area (Å²) in [5, 5.41) is 0. The summed E-state index contributed by atoms with van der Waals surface area (Å²) in [4.78, 5) is 4.04. The molecule has 0 aromatic carbocycles. The second kappa shape index (κ2) is 3.33. The zero-order valence-corrected chi connectivity index (χ0v) is 8.25. The van der Waals surface area contributed by atoms with E-state index < -0.39 is 0 Å². The molecule has 1 nitrogen and oxygen atoms in total. The van der Waals surface area contributed by atoms with Crippen LogP contribution < -0.4 is 0 Å². The molecule has 1 heterocycles. The standard InChI is InChI=1S/C12H15N/c1-9-7-12(8-10(9)2)11-3-5-13-6-4-11/h3-6,12H,7-8H2,1-2H3. The van der Waals surface area contributed by atoms with E-state index in [-0.39, 0.29) is 0 Å². The summed E-state index contributed by atoms with van der Waals surface area (Å²) >= 11 is 0. The number of pyridine rings is 1. The van der Waals surface area contributed by atoms with Crippen molar-refractivity contribution in [2.75, 3.05) is 0 Å². The fourth-order valence-corrected chi connectivity index (χ4v) is 2.03. The van der Waals surface area contributed by atoms with Gasteiger partial charge in [-0.25, -0.2) is 0 Å². The van der Waals surface area contributed by atoms with Crippen LogP contribution >= 0.6 is 0 Å². The van der Waals surface area contributed by atoms with Crippen molar-refractivity contribution in [1.29, 1.82) is 0 Å². The van der Waals surface area contributed by atoms with Crippen LogP contribution in [0.5, 0.6) is 0 Å². The van der Waals surface area contributed by atoms with Gasteiger partial charge in [-0.05, 0) is 50.3 Å². The molecule has 0 fully saturated rings. The second-order valence-corrected chi connectivity index (χ2v) is 3.95. The zero-order chi connectivity index (χ0) is 9.26. The smallest absolute Gasteiger partial charge is 0.0270 e. The van der Waals surface area contributed by atoms with Crippen LogP contribution in [0.15, 0.2) is 35.7 Å². The number of hydrogen-bond acceptors (Lipinski definition) is 1. The fraction of sp³-hybridized carbons (Fsp3) is 0.417. The van der Waals surface area contributed by atoms with Crippen LogP contribution in [0.3, 0.4) is 0 Å². The highest BCUT2D eigenvalue weighted by Gasteiger charge is 2.19. The van der Waals surface area contributed by atoms with E-state index in [9.17, 15) is 0 Å². The molecule has 1 aliphatic carbocycles. The third-order valence-corrected chi connectivity index (χ3v) is 3.01. The molecule has 0 N–H and O–H groups in total. The van der Waals surface area contributed by atoms with Crippen molar-refractivity contribution in [2.24, 2.45) is 0 Å². The van der Waals surface area contributed by atoms with E-state index in [2.05, 4.69) is 31.0 Å². The van der Waals surface area contributed by atoms with Crippen molar-refractivity contribution >= 4 is 0 Å². The van der Waals surface area contributed by atoms with Crippen molar-refractivity contribution in [3.05, 3.63) is 41.2 Å². The van der Waals surface area contributed by atoms with Crippen molar-refractivity contribution in [3.8, 4) is 0 Å².